The predicted molar refractivity (Wildman–Crippen MR) is 96.6 cm³/mol. The van der Waals surface area contributed by atoms with Crippen molar-refractivity contribution in [3.8, 4) is 5.75 Å². The number of hydrogen-bond donors (Lipinski definition) is 2. The van der Waals surface area contributed by atoms with Gasteiger partial charge in [-0.05, 0) is 50.1 Å². The Bertz CT molecular complexity index is 609. The van der Waals surface area contributed by atoms with E-state index in [0.717, 1.165) is 44.7 Å². The molecular weight excluding hydrogens is 318 g/mol. The van der Waals surface area contributed by atoms with E-state index in [1.807, 2.05) is 11.8 Å². The summed E-state index contributed by atoms with van der Waals surface area (Å²) in [6.07, 6.45) is 3.87. The third-order valence-electron chi connectivity index (χ3n) is 5.17. The van der Waals surface area contributed by atoms with E-state index < -0.39 is 0 Å². The minimum atomic E-state index is -0.0238. The van der Waals surface area contributed by atoms with Gasteiger partial charge >= 0.3 is 0 Å². The van der Waals surface area contributed by atoms with Gasteiger partial charge < -0.3 is 20.3 Å². The van der Waals surface area contributed by atoms with Crippen LogP contribution in [0.4, 0.5) is 5.69 Å². The molecule has 1 spiro atoms. The lowest BCUT2D eigenvalue weighted by atomic mass is 9.79. The summed E-state index contributed by atoms with van der Waals surface area (Å²) < 4.78 is 5.64. The second-order valence-corrected chi connectivity index (χ2v) is 7.06. The molecule has 6 nitrogen and oxygen atoms in total. The molecule has 0 radical (unpaired) electrons. The van der Waals surface area contributed by atoms with Gasteiger partial charge in [0.25, 0.3) is 5.91 Å². The Hall–Kier alpha value is -2.08. The highest BCUT2D eigenvalue weighted by Crippen LogP contribution is 2.35. The van der Waals surface area contributed by atoms with E-state index in [9.17, 15) is 9.59 Å². The highest BCUT2D eigenvalue weighted by atomic mass is 16.5. The molecule has 2 fully saturated rings. The van der Waals surface area contributed by atoms with E-state index in [0.29, 0.717) is 12.2 Å². The van der Waals surface area contributed by atoms with Crippen LogP contribution in [-0.2, 0) is 9.59 Å². The normalized spacial score (nSPS) is 22.8. The number of piperidine rings is 1. The largest absolute Gasteiger partial charge is 0.484 e. The van der Waals surface area contributed by atoms with Crippen molar-refractivity contribution in [2.45, 2.75) is 32.6 Å². The van der Waals surface area contributed by atoms with E-state index in [4.69, 9.17) is 4.74 Å². The summed E-state index contributed by atoms with van der Waals surface area (Å²) in [7, 11) is 0. The molecule has 1 aromatic carbocycles. The number of likely N-dealkylation sites (tertiary alicyclic amines) is 1. The van der Waals surface area contributed by atoms with Crippen molar-refractivity contribution >= 4 is 17.5 Å². The van der Waals surface area contributed by atoms with Gasteiger partial charge in [-0.25, -0.2) is 0 Å². The Morgan fingerprint density at radius 2 is 2.08 bits per heavy atom. The number of amides is 2. The molecule has 0 aliphatic carbocycles. The Morgan fingerprint density at radius 3 is 2.76 bits per heavy atom. The van der Waals surface area contributed by atoms with E-state index in [1.165, 1.54) is 6.42 Å². The van der Waals surface area contributed by atoms with Crippen LogP contribution in [0.25, 0.3) is 0 Å². The van der Waals surface area contributed by atoms with Crippen molar-refractivity contribution in [1.82, 2.24) is 10.2 Å². The Labute approximate surface area is 148 Å². The topological polar surface area (TPSA) is 70.7 Å². The van der Waals surface area contributed by atoms with Gasteiger partial charge in [-0.15, -0.1) is 0 Å². The fourth-order valence-corrected chi connectivity index (χ4v) is 3.68. The molecule has 3 rings (SSSR count). The molecule has 136 valence electrons. The van der Waals surface area contributed by atoms with E-state index in [-0.39, 0.29) is 23.8 Å². The van der Waals surface area contributed by atoms with Gasteiger partial charge in [-0.2, -0.15) is 0 Å². The third kappa shape index (κ3) is 4.51. The summed E-state index contributed by atoms with van der Waals surface area (Å²) in [4.78, 5) is 25.8. The average Bonchev–Trinajstić information content (AvgIpc) is 3.08. The van der Waals surface area contributed by atoms with Gasteiger partial charge in [0.15, 0.2) is 6.61 Å². The third-order valence-corrected chi connectivity index (χ3v) is 5.17. The molecule has 2 saturated heterocycles. The first-order valence-electron chi connectivity index (χ1n) is 9.11. The van der Waals surface area contributed by atoms with Crippen molar-refractivity contribution in [2.24, 2.45) is 5.41 Å². The monoisotopic (exact) mass is 345 g/mol. The fourth-order valence-electron chi connectivity index (χ4n) is 3.68. The Morgan fingerprint density at radius 1 is 1.28 bits per heavy atom. The van der Waals surface area contributed by atoms with Crippen LogP contribution in [0.3, 0.4) is 0 Å². The first-order valence-corrected chi connectivity index (χ1v) is 9.11. The average molecular weight is 345 g/mol. The van der Waals surface area contributed by atoms with Crippen LogP contribution in [-0.4, -0.2) is 49.5 Å². The van der Waals surface area contributed by atoms with E-state index in [1.54, 1.807) is 24.3 Å². The van der Waals surface area contributed by atoms with Crippen molar-refractivity contribution < 1.29 is 14.3 Å². The van der Waals surface area contributed by atoms with Crippen molar-refractivity contribution in [3.63, 3.8) is 0 Å². The van der Waals surface area contributed by atoms with E-state index >= 15 is 0 Å². The van der Waals surface area contributed by atoms with Crippen LogP contribution in [0.1, 0.15) is 32.6 Å². The van der Waals surface area contributed by atoms with Crippen molar-refractivity contribution in [1.29, 1.82) is 0 Å². The van der Waals surface area contributed by atoms with Gasteiger partial charge in [-0.3, -0.25) is 9.59 Å². The first kappa shape index (κ1) is 17.7. The molecule has 2 heterocycles. The number of nitrogens with one attached hydrogen (secondary N) is 2. The summed E-state index contributed by atoms with van der Waals surface area (Å²) in [5.41, 5.74) is 1.00. The molecule has 1 atom stereocenters. The predicted octanol–water partition coefficient (Wildman–Crippen LogP) is 2.02. The first-order chi connectivity index (χ1) is 12.1. The molecule has 0 saturated carbocycles. The number of carbonyl (C=O) groups excluding carboxylic acids is 2. The Kier molecular flexibility index (Phi) is 5.58. The van der Waals surface area contributed by atoms with Crippen LogP contribution in [0.2, 0.25) is 0 Å². The number of ether oxygens (including phenoxy) is 1. The van der Waals surface area contributed by atoms with Gasteiger partial charge in [0.05, 0.1) is 0 Å². The summed E-state index contributed by atoms with van der Waals surface area (Å²) in [6.45, 7) is 5.60. The molecular formula is C19H27N3O3. The van der Waals surface area contributed by atoms with Gasteiger partial charge in [0, 0.05) is 37.2 Å². The minimum absolute atomic E-state index is 0.0238. The second kappa shape index (κ2) is 7.87. The minimum Gasteiger partial charge on any atom is -0.484 e. The highest BCUT2D eigenvalue weighted by Gasteiger charge is 2.39. The summed E-state index contributed by atoms with van der Waals surface area (Å²) in [5, 5.41) is 6.21. The summed E-state index contributed by atoms with van der Waals surface area (Å²) >= 11 is 0. The highest BCUT2D eigenvalue weighted by molar-refractivity contribution is 5.90. The molecule has 1 aromatic rings. The lowest BCUT2D eigenvalue weighted by molar-refractivity contribution is -0.136. The zero-order chi connectivity index (χ0) is 17.7. The Balaban J connectivity index is 1.49. The lowest BCUT2D eigenvalue weighted by Gasteiger charge is -2.40. The van der Waals surface area contributed by atoms with Crippen LogP contribution >= 0.6 is 0 Å². The number of benzene rings is 1. The fraction of sp³-hybridized carbons (Fsp3) is 0.579. The van der Waals surface area contributed by atoms with Crippen LogP contribution in [0.15, 0.2) is 24.3 Å². The summed E-state index contributed by atoms with van der Waals surface area (Å²) in [6, 6.07) is 7.12. The maximum Gasteiger partial charge on any atom is 0.260 e. The maximum absolute atomic E-state index is 12.5. The molecule has 2 aliphatic heterocycles. The number of nitrogens with zero attached hydrogens (tertiary/aromatic N) is 1. The second-order valence-electron chi connectivity index (χ2n) is 7.06. The SMILES string of the molecule is CCC(=O)Nc1ccc(OCC(=O)N2CCC[C@@]3(CCNC3)C2)cc1. The zero-order valence-electron chi connectivity index (χ0n) is 14.8. The molecule has 2 N–H and O–H groups in total. The molecule has 2 amide bonds. The van der Waals surface area contributed by atoms with Crippen LogP contribution in [0, 0.1) is 5.41 Å². The van der Waals surface area contributed by atoms with Crippen LogP contribution < -0.4 is 15.4 Å². The molecule has 2 aliphatic rings. The zero-order valence-corrected chi connectivity index (χ0v) is 14.8. The lowest BCUT2D eigenvalue weighted by Crippen LogP contribution is -2.48. The van der Waals surface area contributed by atoms with Crippen molar-refractivity contribution in [3.05, 3.63) is 24.3 Å². The van der Waals surface area contributed by atoms with Gasteiger partial charge in [0.1, 0.15) is 5.75 Å². The maximum atomic E-state index is 12.5. The molecule has 6 heteroatoms. The van der Waals surface area contributed by atoms with Gasteiger partial charge in [0.2, 0.25) is 5.91 Å². The molecule has 25 heavy (non-hydrogen) atoms. The molecule has 0 aromatic heterocycles. The number of hydrogen-bond acceptors (Lipinski definition) is 4. The number of anilines is 1. The summed E-state index contributed by atoms with van der Waals surface area (Å²) in [5.74, 6) is 0.663. The van der Waals surface area contributed by atoms with Crippen LogP contribution in [0.5, 0.6) is 5.75 Å². The smallest absolute Gasteiger partial charge is 0.260 e. The quantitative estimate of drug-likeness (QED) is 0.856. The van der Waals surface area contributed by atoms with Crippen molar-refractivity contribution in [2.75, 3.05) is 38.1 Å². The van der Waals surface area contributed by atoms with E-state index in [2.05, 4.69) is 10.6 Å². The van der Waals surface area contributed by atoms with Gasteiger partial charge in [-0.1, -0.05) is 6.92 Å². The molecule has 0 bridgehead atoms. The molecule has 0 unspecified atom stereocenters. The standard InChI is InChI=1S/C19H27N3O3/c1-2-17(23)21-15-4-6-16(7-5-15)25-12-18(24)22-11-3-8-19(14-22)9-10-20-13-19/h4-7,20H,2-3,8-14H2,1H3,(H,21,23)/t19-/m0/s1. The number of rotatable bonds is 5. The number of carbonyl (C=O) groups is 2.